The van der Waals surface area contributed by atoms with Crippen molar-refractivity contribution in [3.8, 4) is 11.4 Å². The van der Waals surface area contributed by atoms with Crippen molar-refractivity contribution in [3.63, 3.8) is 0 Å². The molecule has 0 spiro atoms. The third-order valence-electron chi connectivity index (χ3n) is 3.27. The summed E-state index contributed by atoms with van der Waals surface area (Å²) in [5.41, 5.74) is 0.828. The molecule has 0 aliphatic rings. The number of benzene rings is 1. The van der Waals surface area contributed by atoms with Crippen LogP contribution in [0.4, 0.5) is 0 Å². The molecule has 0 saturated heterocycles. The third-order valence-corrected chi connectivity index (χ3v) is 4.56. The van der Waals surface area contributed by atoms with E-state index in [4.69, 9.17) is 16.3 Å². The number of nitrogens with zero attached hydrogens (tertiary/aromatic N) is 3. The van der Waals surface area contributed by atoms with E-state index in [9.17, 15) is 4.79 Å². The van der Waals surface area contributed by atoms with E-state index in [0.29, 0.717) is 41.5 Å². The summed E-state index contributed by atoms with van der Waals surface area (Å²) in [5, 5.41) is 12.6. The van der Waals surface area contributed by atoms with Crippen molar-refractivity contribution in [3.05, 3.63) is 29.3 Å². The molecular weight excluding hydrogens is 348 g/mol. The topological polar surface area (TPSA) is 69.0 Å². The van der Waals surface area contributed by atoms with Crippen molar-refractivity contribution in [2.45, 2.75) is 25.0 Å². The van der Waals surface area contributed by atoms with Gasteiger partial charge in [0.15, 0.2) is 11.0 Å². The molecular formula is C16H21ClN4O2S. The van der Waals surface area contributed by atoms with Gasteiger partial charge in [0, 0.05) is 32.4 Å². The Balaban J connectivity index is 2.24. The number of thioether (sulfide) groups is 1. The minimum absolute atomic E-state index is 0.0202. The molecule has 24 heavy (non-hydrogen) atoms. The molecule has 0 aliphatic heterocycles. The van der Waals surface area contributed by atoms with Gasteiger partial charge in [-0.05, 0) is 25.5 Å². The van der Waals surface area contributed by atoms with E-state index in [1.165, 1.54) is 11.8 Å². The lowest BCUT2D eigenvalue weighted by molar-refractivity contribution is -0.118. The van der Waals surface area contributed by atoms with E-state index in [1.807, 2.05) is 35.8 Å². The van der Waals surface area contributed by atoms with Gasteiger partial charge >= 0.3 is 0 Å². The first-order valence-electron chi connectivity index (χ1n) is 7.74. The predicted molar refractivity (Wildman–Crippen MR) is 96.4 cm³/mol. The van der Waals surface area contributed by atoms with Crippen LogP contribution < -0.4 is 5.32 Å². The van der Waals surface area contributed by atoms with E-state index < -0.39 is 0 Å². The number of carbonyl (C=O) groups excluding carboxylic acids is 1. The minimum Gasteiger partial charge on any atom is -0.385 e. The highest BCUT2D eigenvalue weighted by molar-refractivity contribution is 7.99. The second-order valence-electron chi connectivity index (χ2n) is 5.03. The van der Waals surface area contributed by atoms with Crippen LogP contribution >= 0.6 is 23.4 Å². The van der Waals surface area contributed by atoms with Crippen LogP contribution in [0.5, 0.6) is 0 Å². The lowest BCUT2D eigenvalue weighted by atomic mass is 10.2. The molecule has 2 aromatic rings. The molecule has 2 rings (SSSR count). The van der Waals surface area contributed by atoms with Gasteiger partial charge in [-0.2, -0.15) is 0 Å². The highest BCUT2D eigenvalue weighted by Crippen LogP contribution is 2.29. The van der Waals surface area contributed by atoms with Crippen LogP contribution in [0, 0.1) is 0 Å². The maximum Gasteiger partial charge on any atom is 0.230 e. The highest BCUT2D eigenvalue weighted by Gasteiger charge is 2.17. The zero-order valence-electron chi connectivity index (χ0n) is 13.8. The van der Waals surface area contributed by atoms with Gasteiger partial charge in [-0.25, -0.2) is 0 Å². The summed E-state index contributed by atoms with van der Waals surface area (Å²) in [6.45, 7) is 3.84. The summed E-state index contributed by atoms with van der Waals surface area (Å²) in [7, 11) is 1.67. The van der Waals surface area contributed by atoms with Gasteiger partial charge in [0.2, 0.25) is 5.91 Å². The molecule has 1 heterocycles. The quantitative estimate of drug-likeness (QED) is 0.544. The lowest BCUT2D eigenvalue weighted by Crippen LogP contribution is -2.24. The Bertz CT molecular complexity index is 678. The summed E-state index contributed by atoms with van der Waals surface area (Å²) in [6.07, 6.45) is 0.820. The van der Waals surface area contributed by atoms with E-state index >= 15 is 0 Å². The van der Waals surface area contributed by atoms with Crippen LogP contribution in [0.2, 0.25) is 5.02 Å². The van der Waals surface area contributed by atoms with Crippen molar-refractivity contribution >= 4 is 29.3 Å². The number of hydrogen-bond acceptors (Lipinski definition) is 5. The zero-order valence-corrected chi connectivity index (χ0v) is 15.4. The van der Waals surface area contributed by atoms with Crippen molar-refractivity contribution < 1.29 is 9.53 Å². The van der Waals surface area contributed by atoms with E-state index in [2.05, 4.69) is 15.5 Å². The third kappa shape index (κ3) is 4.96. The fourth-order valence-corrected chi connectivity index (χ4v) is 3.20. The SMILES string of the molecule is CCNC(=O)CSc1nnc(-c2ccccc2Cl)n1CCCOC. The normalized spacial score (nSPS) is 10.8. The van der Waals surface area contributed by atoms with Gasteiger partial charge in [-0.3, -0.25) is 4.79 Å². The van der Waals surface area contributed by atoms with Crippen molar-refractivity contribution in [2.75, 3.05) is 26.0 Å². The fourth-order valence-electron chi connectivity index (χ4n) is 2.18. The van der Waals surface area contributed by atoms with E-state index in [0.717, 1.165) is 12.0 Å². The predicted octanol–water partition coefficient (Wildman–Crippen LogP) is 2.86. The molecule has 0 aliphatic carbocycles. The van der Waals surface area contributed by atoms with Crippen LogP contribution in [0.3, 0.4) is 0 Å². The second-order valence-corrected chi connectivity index (χ2v) is 6.38. The summed E-state index contributed by atoms with van der Waals surface area (Å²) in [5.74, 6) is 0.988. The molecule has 0 atom stereocenters. The monoisotopic (exact) mass is 368 g/mol. The smallest absolute Gasteiger partial charge is 0.230 e. The summed E-state index contributed by atoms with van der Waals surface area (Å²) >= 11 is 7.66. The molecule has 1 amide bonds. The maximum atomic E-state index is 11.7. The van der Waals surface area contributed by atoms with Crippen molar-refractivity contribution in [1.82, 2.24) is 20.1 Å². The number of hydrogen-bond donors (Lipinski definition) is 1. The van der Waals surface area contributed by atoms with Gasteiger partial charge in [0.25, 0.3) is 0 Å². The molecule has 6 nitrogen and oxygen atoms in total. The van der Waals surface area contributed by atoms with Crippen LogP contribution in [-0.2, 0) is 16.1 Å². The van der Waals surface area contributed by atoms with Crippen molar-refractivity contribution in [1.29, 1.82) is 0 Å². The summed E-state index contributed by atoms with van der Waals surface area (Å²) < 4.78 is 7.12. The molecule has 1 aromatic heterocycles. The molecule has 8 heteroatoms. The summed E-state index contributed by atoms with van der Waals surface area (Å²) in [4.78, 5) is 11.7. The van der Waals surface area contributed by atoms with Gasteiger partial charge in [-0.1, -0.05) is 35.5 Å². The Morgan fingerprint density at radius 1 is 1.38 bits per heavy atom. The summed E-state index contributed by atoms with van der Waals surface area (Å²) in [6, 6.07) is 7.53. The number of ether oxygens (including phenoxy) is 1. The Morgan fingerprint density at radius 2 is 2.17 bits per heavy atom. The van der Waals surface area contributed by atoms with Gasteiger partial charge in [0.05, 0.1) is 10.8 Å². The first-order chi connectivity index (χ1) is 11.7. The zero-order chi connectivity index (χ0) is 17.4. The highest BCUT2D eigenvalue weighted by atomic mass is 35.5. The second kappa shape index (κ2) is 9.66. The van der Waals surface area contributed by atoms with Gasteiger partial charge in [0.1, 0.15) is 0 Å². The van der Waals surface area contributed by atoms with Crippen LogP contribution in [0.25, 0.3) is 11.4 Å². The largest absolute Gasteiger partial charge is 0.385 e. The number of methoxy groups -OCH3 is 1. The van der Waals surface area contributed by atoms with Crippen LogP contribution in [0.15, 0.2) is 29.4 Å². The van der Waals surface area contributed by atoms with E-state index in [-0.39, 0.29) is 5.91 Å². The molecule has 0 fully saturated rings. The standard InChI is InChI=1S/C16H21ClN4O2S/c1-3-18-14(22)11-24-16-20-19-15(21(16)9-6-10-23-2)12-7-4-5-8-13(12)17/h4-5,7-8H,3,6,9-11H2,1-2H3,(H,18,22). The Kier molecular flexibility index (Phi) is 7.55. The number of rotatable bonds is 9. The number of halogens is 1. The molecule has 1 aromatic carbocycles. The number of aromatic nitrogens is 3. The molecule has 0 radical (unpaired) electrons. The Labute approximate surface area is 150 Å². The van der Waals surface area contributed by atoms with Gasteiger partial charge < -0.3 is 14.6 Å². The van der Waals surface area contributed by atoms with Crippen LogP contribution in [-0.4, -0.2) is 46.7 Å². The minimum atomic E-state index is -0.0202. The first-order valence-corrected chi connectivity index (χ1v) is 9.10. The Morgan fingerprint density at radius 3 is 2.88 bits per heavy atom. The molecule has 0 bridgehead atoms. The van der Waals surface area contributed by atoms with E-state index in [1.54, 1.807) is 7.11 Å². The fraction of sp³-hybridized carbons (Fsp3) is 0.438. The maximum absolute atomic E-state index is 11.7. The van der Waals surface area contributed by atoms with Crippen LogP contribution in [0.1, 0.15) is 13.3 Å². The average molecular weight is 369 g/mol. The molecule has 0 saturated carbocycles. The molecule has 130 valence electrons. The lowest BCUT2D eigenvalue weighted by Gasteiger charge is -2.10. The van der Waals surface area contributed by atoms with Crippen molar-refractivity contribution in [2.24, 2.45) is 0 Å². The number of carbonyl (C=O) groups is 1. The Hall–Kier alpha value is -1.57. The van der Waals surface area contributed by atoms with Gasteiger partial charge in [-0.15, -0.1) is 10.2 Å². The number of nitrogens with one attached hydrogen (secondary N) is 1. The number of amides is 1. The first kappa shape index (κ1) is 18.8. The molecule has 1 N–H and O–H groups in total. The molecule has 0 unspecified atom stereocenters. The average Bonchev–Trinajstić information content (AvgIpc) is 2.97.